The summed E-state index contributed by atoms with van der Waals surface area (Å²) in [6.07, 6.45) is 1.56. The van der Waals surface area contributed by atoms with Crippen LogP contribution in [0.25, 0.3) is 0 Å². The minimum Gasteiger partial charge on any atom is -0.326 e. The number of aryl methyl sites for hydroxylation is 3. The second kappa shape index (κ2) is 8.27. The van der Waals surface area contributed by atoms with Crippen LogP contribution in [0.3, 0.4) is 0 Å². The Morgan fingerprint density at radius 3 is 2.32 bits per heavy atom. The number of sulfonamides is 1. The number of rotatable bonds is 7. The topological polar surface area (TPSA) is 75.3 Å². The molecule has 0 atom stereocenters. The van der Waals surface area contributed by atoms with Gasteiger partial charge < -0.3 is 5.32 Å². The summed E-state index contributed by atoms with van der Waals surface area (Å²) in [6, 6.07) is 12.4. The zero-order chi connectivity index (χ0) is 18.4. The number of hydrogen-bond acceptors (Lipinski definition) is 3. The molecule has 2 rings (SSSR count). The molecule has 0 aliphatic carbocycles. The zero-order valence-electron chi connectivity index (χ0n) is 14.8. The van der Waals surface area contributed by atoms with Crippen LogP contribution in [0.2, 0.25) is 0 Å². The Labute approximate surface area is 149 Å². The van der Waals surface area contributed by atoms with Gasteiger partial charge in [-0.15, -0.1) is 0 Å². The highest BCUT2D eigenvalue weighted by Gasteiger charge is 2.13. The molecule has 0 bridgehead atoms. The van der Waals surface area contributed by atoms with Gasteiger partial charge in [0.15, 0.2) is 0 Å². The van der Waals surface area contributed by atoms with E-state index in [1.54, 1.807) is 12.1 Å². The predicted octanol–water partition coefficient (Wildman–Crippen LogP) is 3.17. The third-order valence-corrected chi connectivity index (χ3v) is 5.37. The van der Waals surface area contributed by atoms with Gasteiger partial charge in [-0.05, 0) is 62.1 Å². The summed E-state index contributed by atoms with van der Waals surface area (Å²) in [5.41, 5.74) is 4.27. The zero-order valence-corrected chi connectivity index (χ0v) is 15.6. The van der Waals surface area contributed by atoms with Gasteiger partial charge in [0, 0.05) is 19.2 Å². The highest BCUT2D eigenvalue weighted by Crippen LogP contribution is 2.15. The van der Waals surface area contributed by atoms with Gasteiger partial charge in [0.25, 0.3) is 0 Å². The summed E-state index contributed by atoms with van der Waals surface area (Å²) >= 11 is 0. The lowest BCUT2D eigenvalue weighted by Crippen LogP contribution is -2.25. The molecule has 2 aromatic carbocycles. The summed E-state index contributed by atoms with van der Waals surface area (Å²) in [5, 5.41) is 2.61. The molecule has 0 aromatic heterocycles. The van der Waals surface area contributed by atoms with Crippen molar-refractivity contribution >= 4 is 21.6 Å². The quantitative estimate of drug-likeness (QED) is 0.745. The van der Waals surface area contributed by atoms with Crippen LogP contribution < -0.4 is 10.0 Å². The molecule has 2 N–H and O–H groups in total. The molecule has 1 amide bonds. The molecule has 0 saturated heterocycles. The van der Waals surface area contributed by atoms with E-state index in [2.05, 4.69) is 42.1 Å². The number of nitrogens with one attached hydrogen (secondary N) is 2. The maximum absolute atomic E-state index is 12.3. The fourth-order valence-corrected chi connectivity index (χ4v) is 3.69. The summed E-state index contributed by atoms with van der Waals surface area (Å²) in [6.45, 7) is 5.91. The van der Waals surface area contributed by atoms with E-state index < -0.39 is 10.0 Å². The number of benzene rings is 2. The van der Waals surface area contributed by atoms with Gasteiger partial charge in [-0.25, -0.2) is 13.1 Å². The van der Waals surface area contributed by atoms with Crippen molar-refractivity contribution in [2.75, 3.05) is 11.9 Å². The van der Waals surface area contributed by atoms with E-state index >= 15 is 0 Å². The van der Waals surface area contributed by atoms with Crippen LogP contribution in [-0.2, 0) is 21.2 Å². The van der Waals surface area contributed by atoms with E-state index in [1.165, 1.54) is 35.7 Å². The lowest BCUT2D eigenvalue weighted by Gasteiger charge is -2.09. The monoisotopic (exact) mass is 360 g/mol. The molecular formula is C19H24N2O3S. The van der Waals surface area contributed by atoms with Crippen molar-refractivity contribution in [2.45, 2.75) is 38.5 Å². The van der Waals surface area contributed by atoms with E-state index in [0.29, 0.717) is 12.2 Å². The molecule has 0 fully saturated rings. The summed E-state index contributed by atoms with van der Waals surface area (Å²) in [7, 11) is -3.54. The first-order valence-electron chi connectivity index (χ1n) is 8.21. The standard InChI is InChI=1S/C19H24N2O3S/c1-14-6-7-17(15(2)13-14)5-4-12-20-25(23,24)19-10-8-18(9-11-19)21-16(3)22/h6-11,13,20H,4-5,12H2,1-3H3,(H,21,22). The number of anilines is 1. The van der Waals surface area contributed by atoms with E-state index in [4.69, 9.17) is 0 Å². The maximum atomic E-state index is 12.3. The molecule has 0 radical (unpaired) electrons. The minimum atomic E-state index is -3.54. The van der Waals surface area contributed by atoms with Gasteiger partial charge in [-0.3, -0.25) is 4.79 Å². The Balaban J connectivity index is 1.89. The van der Waals surface area contributed by atoms with E-state index in [0.717, 1.165) is 12.8 Å². The van der Waals surface area contributed by atoms with Crippen LogP contribution in [0.4, 0.5) is 5.69 Å². The molecule has 0 aliphatic rings. The van der Waals surface area contributed by atoms with Crippen LogP contribution in [0, 0.1) is 13.8 Å². The number of carbonyl (C=O) groups excluding carboxylic acids is 1. The first-order chi connectivity index (χ1) is 11.8. The summed E-state index contributed by atoms with van der Waals surface area (Å²) < 4.78 is 27.2. The average Bonchev–Trinajstić information content (AvgIpc) is 2.53. The molecular weight excluding hydrogens is 336 g/mol. The number of amides is 1. The fourth-order valence-electron chi connectivity index (χ4n) is 2.62. The Hall–Kier alpha value is -2.18. The van der Waals surface area contributed by atoms with Crippen LogP contribution >= 0.6 is 0 Å². The van der Waals surface area contributed by atoms with Gasteiger partial charge >= 0.3 is 0 Å². The average molecular weight is 360 g/mol. The Morgan fingerprint density at radius 1 is 1.04 bits per heavy atom. The summed E-state index contributed by atoms with van der Waals surface area (Å²) in [4.78, 5) is 11.2. The van der Waals surface area contributed by atoms with Crippen LogP contribution in [0.15, 0.2) is 47.4 Å². The van der Waals surface area contributed by atoms with E-state index in [9.17, 15) is 13.2 Å². The molecule has 0 heterocycles. The highest BCUT2D eigenvalue weighted by molar-refractivity contribution is 7.89. The first-order valence-corrected chi connectivity index (χ1v) is 9.70. The van der Waals surface area contributed by atoms with E-state index in [-0.39, 0.29) is 10.8 Å². The molecule has 25 heavy (non-hydrogen) atoms. The predicted molar refractivity (Wildman–Crippen MR) is 100 cm³/mol. The lowest BCUT2D eigenvalue weighted by molar-refractivity contribution is -0.114. The molecule has 0 saturated carbocycles. The molecule has 5 nitrogen and oxygen atoms in total. The van der Waals surface area contributed by atoms with Gasteiger partial charge in [-0.1, -0.05) is 23.8 Å². The van der Waals surface area contributed by atoms with Gasteiger partial charge in [0.1, 0.15) is 0 Å². The Bertz CT molecular complexity index is 843. The second-order valence-corrected chi connectivity index (χ2v) is 7.90. The van der Waals surface area contributed by atoms with Crippen molar-refractivity contribution < 1.29 is 13.2 Å². The van der Waals surface area contributed by atoms with Crippen molar-refractivity contribution in [1.29, 1.82) is 0 Å². The van der Waals surface area contributed by atoms with Crippen molar-refractivity contribution in [1.82, 2.24) is 4.72 Å². The van der Waals surface area contributed by atoms with Crippen LogP contribution in [0.1, 0.15) is 30.0 Å². The van der Waals surface area contributed by atoms with Gasteiger partial charge in [0.2, 0.25) is 15.9 Å². The van der Waals surface area contributed by atoms with Crippen molar-refractivity contribution in [3.05, 3.63) is 59.2 Å². The van der Waals surface area contributed by atoms with Crippen molar-refractivity contribution in [3.63, 3.8) is 0 Å². The second-order valence-electron chi connectivity index (χ2n) is 6.14. The SMILES string of the molecule is CC(=O)Nc1ccc(S(=O)(=O)NCCCc2ccc(C)cc2C)cc1. The summed E-state index contributed by atoms with van der Waals surface area (Å²) in [5.74, 6) is -0.194. The maximum Gasteiger partial charge on any atom is 0.240 e. The number of carbonyl (C=O) groups is 1. The Morgan fingerprint density at radius 2 is 1.72 bits per heavy atom. The Kier molecular flexibility index (Phi) is 6.33. The van der Waals surface area contributed by atoms with Crippen LogP contribution in [-0.4, -0.2) is 20.9 Å². The normalized spacial score (nSPS) is 11.3. The largest absolute Gasteiger partial charge is 0.326 e. The third kappa shape index (κ3) is 5.69. The van der Waals surface area contributed by atoms with E-state index in [1.807, 2.05) is 0 Å². The molecule has 134 valence electrons. The van der Waals surface area contributed by atoms with Crippen molar-refractivity contribution in [2.24, 2.45) is 0 Å². The smallest absolute Gasteiger partial charge is 0.240 e. The molecule has 0 aliphatic heterocycles. The van der Waals surface area contributed by atoms with Crippen LogP contribution in [0.5, 0.6) is 0 Å². The highest BCUT2D eigenvalue weighted by atomic mass is 32.2. The lowest BCUT2D eigenvalue weighted by atomic mass is 10.0. The minimum absolute atomic E-state index is 0.188. The van der Waals surface area contributed by atoms with Crippen molar-refractivity contribution in [3.8, 4) is 0 Å². The molecule has 6 heteroatoms. The van der Waals surface area contributed by atoms with Gasteiger partial charge in [-0.2, -0.15) is 0 Å². The fraction of sp³-hybridized carbons (Fsp3) is 0.316. The third-order valence-electron chi connectivity index (χ3n) is 3.90. The first kappa shape index (κ1) is 19.1. The number of hydrogen-bond donors (Lipinski definition) is 2. The van der Waals surface area contributed by atoms with Gasteiger partial charge in [0.05, 0.1) is 4.90 Å². The molecule has 0 spiro atoms. The molecule has 0 unspecified atom stereocenters. The molecule has 2 aromatic rings.